The van der Waals surface area contributed by atoms with Crippen LogP contribution in [0.3, 0.4) is 0 Å². The molecule has 0 spiro atoms. The average molecular weight is 421 g/mol. The molecule has 1 fully saturated rings. The molecule has 0 saturated heterocycles. The van der Waals surface area contributed by atoms with Crippen LogP contribution in [-0.4, -0.2) is 32.1 Å². The number of ether oxygens (including phenoxy) is 3. The minimum atomic E-state index is -0.887. The van der Waals surface area contributed by atoms with Crippen LogP contribution in [0, 0.1) is 29.6 Å². The molecule has 5 heteroatoms. The molecule has 2 unspecified atom stereocenters. The Hall–Kier alpha value is -2.94. The molecule has 31 heavy (non-hydrogen) atoms. The van der Waals surface area contributed by atoms with Gasteiger partial charge in [-0.1, -0.05) is 60.7 Å². The summed E-state index contributed by atoms with van der Waals surface area (Å²) in [6.07, 6.45) is 6.07. The van der Waals surface area contributed by atoms with E-state index in [1.807, 2.05) is 60.7 Å². The second kappa shape index (κ2) is 10.9. The number of hydrogen-bond donors (Lipinski definition) is 0. The lowest BCUT2D eigenvalue weighted by Crippen LogP contribution is -2.39. The van der Waals surface area contributed by atoms with Crippen LogP contribution in [0.15, 0.2) is 60.7 Å². The van der Waals surface area contributed by atoms with Gasteiger partial charge in [0, 0.05) is 24.2 Å². The predicted octanol–water partition coefficient (Wildman–Crippen LogP) is 3.81. The molecule has 2 aromatic carbocycles. The maximum absolute atomic E-state index is 12.9. The van der Waals surface area contributed by atoms with Crippen molar-refractivity contribution in [2.45, 2.75) is 26.1 Å². The van der Waals surface area contributed by atoms with E-state index in [4.69, 9.17) is 20.6 Å². The molecule has 1 aliphatic carbocycles. The quantitative estimate of drug-likeness (QED) is 0.332. The van der Waals surface area contributed by atoms with E-state index in [1.165, 1.54) is 7.11 Å². The highest BCUT2D eigenvalue weighted by Gasteiger charge is 2.56. The van der Waals surface area contributed by atoms with Crippen LogP contribution in [0.5, 0.6) is 0 Å². The highest BCUT2D eigenvalue weighted by Crippen LogP contribution is 2.48. The Kier molecular flexibility index (Phi) is 8.00. The molecule has 1 saturated carbocycles. The molecule has 0 radical (unpaired) electrons. The monoisotopic (exact) mass is 420 g/mol. The topological polar surface area (TPSA) is 61.8 Å². The lowest BCUT2D eigenvalue weighted by molar-refractivity contribution is -0.150. The van der Waals surface area contributed by atoms with Crippen LogP contribution in [0.4, 0.5) is 0 Å². The van der Waals surface area contributed by atoms with Gasteiger partial charge in [0.2, 0.25) is 0 Å². The van der Waals surface area contributed by atoms with Crippen LogP contribution in [-0.2, 0) is 37.0 Å². The van der Waals surface area contributed by atoms with Crippen LogP contribution in [0.25, 0.3) is 0 Å². The van der Waals surface area contributed by atoms with Crippen LogP contribution in [0.1, 0.15) is 24.0 Å². The number of carbonyl (C=O) groups excluding carboxylic acids is 2. The van der Waals surface area contributed by atoms with Gasteiger partial charge in [0.15, 0.2) is 0 Å². The van der Waals surface area contributed by atoms with Crippen LogP contribution in [0.2, 0.25) is 0 Å². The first kappa shape index (κ1) is 22.7. The molecular formula is C26H28O5. The molecule has 5 nitrogen and oxygen atoms in total. The highest BCUT2D eigenvalue weighted by atomic mass is 16.5. The van der Waals surface area contributed by atoms with E-state index in [9.17, 15) is 9.59 Å². The summed E-state index contributed by atoms with van der Waals surface area (Å²) in [7, 11) is 1.29. The largest absolute Gasteiger partial charge is 0.468 e. The van der Waals surface area contributed by atoms with Crippen molar-refractivity contribution < 1.29 is 23.8 Å². The number of ketones is 1. The maximum atomic E-state index is 12.9. The minimum Gasteiger partial charge on any atom is -0.468 e. The van der Waals surface area contributed by atoms with Gasteiger partial charge in [-0.3, -0.25) is 9.59 Å². The zero-order valence-electron chi connectivity index (χ0n) is 17.8. The molecule has 2 atom stereocenters. The molecule has 0 heterocycles. The van der Waals surface area contributed by atoms with E-state index in [-0.39, 0.29) is 31.8 Å². The van der Waals surface area contributed by atoms with Gasteiger partial charge in [-0.25, -0.2) is 0 Å². The van der Waals surface area contributed by atoms with Gasteiger partial charge in [0.25, 0.3) is 0 Å². The van der Waals surface area contributed by atoms with Crippen molar-refractivity contribution in [3.8, 4) is 12.3 Å². The number of benzene rings is 2. The summed E-state index contributed by atoms with van der Waals surface area (Å²) in [5.41, 5.74) is 1.38. The normalized spacial score (nSPS) is 19.7. The fourth-order valence-electron chi connectivity index (χ4n) is 4.30. The first-order valence-corrected chi connectivity index (χ1v) is 10.4. The number of methoxy groups -OCH3 is 1. The lowest BCUT2D eigenvalue weighted by Gasteiger charge is -2.35. The third-order valence-electron chi connectivity index (χ3n) is 5.86. The third-order valence-corrected chi connectivity index (χ3v) is 5.86. The number of rotatable bonds is 10. The molecule has 0 aromatic heterocycles. The van der Waals surface area contributed by atoms with Crippen molar-refractivity contribution in [1.82, 2.24) is 0 Å². The average Bonchev–Trinajstić information content (AvgIpc) is 3.06. The predicted molar refractivity (Wildman–Crippen MR) is 117 cm³/mol. The van der Waals surface area contributed by atoms with Crippen molar-refractivity contribution in [2.24, 2.45) is 17.3 Å². The summed E-state index contributed by atoms with van der Waals surface area (Å²) in [6.45, 7) is 1.34. The number of hydrogen-bond acceptors (Lipinski definition) is 5. The third kappa shape index (κ3) is 5.61. The maximum Gasteiger partial charge on any atom is 0.316 e. The van der Waals surface area contributed by atoms with Crippen molar-refractivity contribution in [3.63, 3.8) is 0 Å². The lowest BCUT2D eigenvalue weighted by atomic mass is 9.74. The molecule has 0 aliphatic heterocycles. The molecule has 0 N–H and O–H groups in total. The number of Topliss-reactive ketones (excluding diaryl/α,β-unsaturated/α-hetero) is 1. The van der Waals surface area contributed by atoms with Gasteiger partial charge in [-0.15, -0.1) is 12.3 Å². The zero-order chi connectivity index (χ0) is 22.1. The Morgan fingerprint density at radius 1 is 1.00 bits per heavy atom. The summed E-state index contributed by atoms with van der Waals surface area (Å²) >= 11 is 0. The Morgan fingerprint density at radius 2 is 1.52 bits per heavy atom. The summed E-state index contributed by atoms with van der Waals surface area (Å²) in [6, 6.07) is 19.6. The summed E-state index contributed by atoms with van der Waals surface area (Å²) in [5.74, 6) is 0.641. The Labute approximate surface area is 183 Å². The SMILES string of the molecule is C#CCC1C(C(=O)OC)C(=O)CC1(COCc1ccccc1)COCc1ccccc1. The smallest absolute Gasteiger partial charge is 0.316 e. The van der Waals surface area contributed by atoms with Crippen molar-refractivity contribution in [3.05, 3.63) is 71.8 Å². The Balaban J connectivity index is 1.78. The molecule has 1 aliphatic rings. The fraction of sp³-hybridized carbons (Fsp3) is 0.385. The van der Waals surface area contributed by atoms with Crippen LogP contribution < -0.4 is 0 Å². The second-order valence-corrected chi connectivity index (χ2v) is 7.98. The van der Waals surface area contributed by atoms with Crippen LogP contribution >= 0.6 is 0 Å². The minimum absolute atomic E-state index is 0.168. The number of carbonyl (C=O) groups is 2. The standard InChI is InChI=1S/C26H28O5/c1-3-10-22-24(25(28)29-2)23(27)15-26(22,18-30-16-20-11-6-4-7-12-20)19-31-17-21-13-8-5-9-14-21/h1,4-9,11-14,22,24H,10,15-19H2,2H3. The van der Waals surface area contributed by atoms with E-state index in [0.717, 1.165) is 11.1 Å². The van der Waals surface area contributed by atoms with E-state index < -0.39 is 23.2 Å². The molecule has 0 bridgehead atoms. The Morgan fingerprint density at radius 3 is 1.97 bits per heavy atom. The van der Waals surface area contributed by atoms with Gasteiger partial charge < -0.3 is 14.2 Å². The van der Waals surface area contributed by atoms with Gasteiger partial charge in [0.1, 0.15) is 11.7 Å². The first-order valence-electron chi connectivity index (χ1n) is 10.4. The van der Waals surface area contributed by atoms with E-state index in [1.54, 1.807) is 0 Å². The van der Waals surface area contributed by atoms with Gasteiger partial charge in [-0.2, -0.15) is 0 Å². The fourth-order valence-corrected chi connectivity index (χ4v) is 4.30. The number of terminal acetylenes is 1. The van der Waals surface area contributed by atoms with Gasteiger partial charge >= 0.3 is 5.97 Å². The number of esters is 1. The van der Waals surface area contributed by atoms with Crippen molar-refractivity contribution in [2.75, 3.05) is 20.3 Å². The van der Waals surface area contributed by atoms with Crippen molar-refractivity contribution >= 4 is 11.8 Å². The van der Waals surface area contributed by atoms with E-state index >= 15 is 0 Å². The van der Waals surface area contributed by atoms with Crippen molar-refractivity contribution in [1.29, 1.82) is 0 Å². The van der Waals surface area contributed by atoms with Gasteiger partial charge in [0.05, 0.1) is 33.5 Å². The summed E-state index contributed by atoms with van der Waals surface area (Å²) in [5, 5.41) is 0. The molecule has 0 amide bonds. The molecule has 3 rings (SSSR count). The van der Waals surface area contributed by atoms with Gasteiger partial charge in [-0.05, 0) is 11.1 Å². The van der Waals surface area contributed by atoms with E-state index in [2.05, 4.69) is 5.92 Å². The van der Waals surface area contributed by atoms with E-state index in [0.29, 0.717) is 13.2 Å². The molecular weight excluding hydrogens is 392 g/mol. The first-order chi connectivity index (χ1) is 15.1. The highest BCUT2D eigenvalue weighted by molar-refractivity contribution is 6.01. The second-order valence-electron chi connectivity index (χ2n) is 7.98. The summed E-state index contributed by atoms with van der Waals surface area (Å²) in [4.78, 5) is 25.3. The summed E-state index contributed by atoms with van der Waals surface area (Å²) < 4.78 is 17.0. The Bertz CT molecular complexity index is 855. The zero-order valence-corrected chi connectivity index (χ0v) is 17.8. The molecule has 162 valence electrons. The molecule has 2 aromatic rings.